The fourth-order valence-corrected chi connectivity index (χ4v) is 3.82. The third-order valence-electron chi connectivity index (χ3n) is 4.10. The first kappa shape index (κ1) is 15.2. The minimum absolute atomic E-state index is 0.123. The lowest BCUT2D eigenvalue weighted by Crippen LogP contribution is -2.44. The van der Waals surface area contributed by atoms with Crippen LogP contribution in [-0.2, 0) is 30.8 Å². The van der Waals surface area contributed by atoms with E-state index in [2.05, 4.69) is 27.2 Å². The van der Waals surface area contributed by atoms with E-state index in [0.717, 1.165) is 0 Å². The van der Waals surface area contributed by atoms with E-state index in [1.165, 1.54) is 12.7 Å². The van der Waals surface area contributed by atoms with Crippen molar-refractivity contribution in [2.24, 2.45) is 0 Å². The molecule has 4 rings (SSSR count). The molecule has 122 valence electrons. The Morgan fingerprint density at radius 2 is 2.39 bits per heavy atom. The maximum atomic E-state index is 11.3. The van der Waals surface area contributed by atoms with Crippen LogP contribution < -0.4 is 5.73 Å². The number of nitrogens with two attached hydrogens (primary N) is 1. The molecular weight excluding hydrogens is 345 g/mol. The molecule has 0 aliphatic carbocycles. The number of aromatic nitrogens is 4. The van der Waals surface area contributed by atoms with Crippen LogP contribution >= 0.6 is 7.23 Å². The van der Waals surface area contributed by atoms with Crippen molar-refractivity contribution >= 4 is 36.5 Å². The van der Waals surface area contributed by atoms with E-state index in [-0.39, 0.29) is 19.0 Å². The van der Waals surface area contributed by atoms with Crippen molar-refractivity contribution in [3.63, 3.8) is 0 Å². The van der Waals surface area contributed by atoms with Gasteiger partial charge in [0.25, 0.3) is 0 Å². The molecule has 2 aromatic rings. The lowest BCUT2D eigenvalue weighted by atomic mass is 10.0. The standard InChI is InChI=1S/C11H12N5O5PS/c12-8-5-9(14-3-13-8)16(4-15-5)10-6-7(21-22(18)23)11(1-17,20-10)2-19-6/h3-4,6-7,10,17H,1-2H2,(H2,12,13,14)/t6?,7-,10+,11-/m0/s1. The van der Waals surface area contributed by atoms with Crippen molar-refractivity contribution in [3.8, 4) is 0 Å². The van der Waals surface area contributed by atoms with E-state index in [1.807, 2.05) is 0 Å². The molecule has 23 heavy (non-hydrogen) atoms. The smallest absolute Gasteiger partial charge is 0.372 e. The number of imidazole rings is 1. The molecule has 10 nitrogen and oxygen atoms in total. The van der Waals surface area contributed by atoms with Crippen LogP contribution in [0.1, 0.15) is 6.23 Å². The topological polar surface area (TPSA) is 135 Å². The summed E-state index contributed by atoms with van der Waals surface area (Å²) in [4.78, 5) is 12.2. The van der Waals surface area contributed by atoms with Crippen molar-refractivity contribution in [1.29, 1.82) is 0 Å². The molecular formula is C11H12N5O5PS. The van der Waals surface area contributed by atoms with Crippen LogP contribution in [0.15, 0.2) is 12.7 Å². The highest BCUT2D eigenvalue weighted by molar-refractivity contribution is 8.25. The minimum Gasteiger partial charge on any atom is -0.408 e. The number of hydrogen-bond acceptors (Lipinski definition) is 10. The molecule has 2 aromatic heterocycles. The minimum atomic E-state index is -2.29. The molecule has 0 radical (unpaired) electrons. The third-order valence-corrected chi connectivity index (χ3v) is 4.76. The number of rotatable bonds is 4. The number of nitrogens with zero attached hydrogens (tertiary/aromatic N) is 4. The maximum absolute atomic E-state index is 11.3. The zero-order chi connectivity index (χ0) is 16.2. The number of anilines is 1. The largest absolute Gasteiger partial charge is 0.408 e. The second kappa shape index (κ2) is 5.33. The lowest BCUT2D eigenvalue weighted by Gasteiger charge is -2.29. The fourth-order valence-electron chi connectivity index (χ4n) is 3.04. The summed E-state index contributed by atoms with van der Waals surface area (Å²) >= 11 is 4.62. The lowest BCUT2D eigenvalue weighted by molar-refractivity contribution is -0.184. The van der Waals surface area contributed by atoms with Crippen LogP contribution in [0.2, 0.25) is 0 Å². The number of nitrogen functional groups attached to an aromatic ring is 1. The first-order valence-corrected chi connectivity index (χ1v) is 8.89. The van der Waals surface area contributed by atoms with E-state index < -0.39 is 31.3 Å². The molecule has 2 aliphatic heterocycles. The van der Waals surface area contributed by atoms with Gasteiger partial charge in [-0.25, -0.2) is 15.0 Å². The van der Waals surface area contributed by atoms with Crippen molar-refractivity contribution < 1.29 is 23.7 Å². The van der Waals surface area contributed by atoms with Crippen molar-refractivity contribution in [1.82, 2.24) is 19.5 Å². The molecule has 12 heteroatoms. The van der Waals surface area contributed by atoms with Gasteiger partial charge in [-0.2, -0.15) is 4.52 Å². The van der Waals surface area contributed by atoms with Crippen LogP contribution in [0.25, 0.3) is 11.2 Å². The predicted octanol–water partition coefficient (Wildman–Crippen LogP) is -0.343. The summed E-state index contributed by atoms with van der Waals surface area (Å²) in [6, 6.07) is 0. The molecule has 2 bridgehead atoms. The first-order chi connectivity index (χ1) is 11.1. The van der Waals surface area contributed by atoms with E-state index in [9.17, 15) is 9.67 Å². The zero-order valence-corrected chi connectivity index (χ0v) is 13.3. The molecule has 2 unspecified atom stereocenters. The van der Waals surface area contributed by atoms with Crippen LogP contribution in [-0.4, -0.2) is 55.6 Å². The van der Waals surface area contributed by atoms with Crippen LogP contribution in [0.5, 0.6) is 0 Å². The van der Waals surface area contributed by atoms with Gasteiger partial charge in [-0.15, -0.1) is 0 Å². The average Bonchev–Trinajstić information content (AvgIpc) is 3.18. The van der Waals surface area contributed by atoms with Crippen molar-refractivity contribution in [3.05, 3.63) is 12.7 Å². The van der Waals surface area contributed by atoms with Gasteiger partial charge in [0.05, 0.1) is 19.5 Å². The fraction of sp³-hybridized carbons (Fsp3) is 0.545. The second-order valence-electron chi connectivity index (χ2n) is 5.34. The van der Waals surface area contributed by atoms with E-state index in [1.54, 1.807) is 4.57 Å². The Bertz CT molecular complexity index is 789. The average molecular weight is 357 g/mol. The van der Waals surface area contributed by atoms with Gasteiger partial charge < -0.3 is 32.6 Å². The number of fused-ring (bicyclic) bond motifs is 3. The van der Waals surface area contributed by atoms with Crippen LogP contribution in [0.4, 0.5) is 5.82 Å². The Morgan fingerprint density at radius 3 is 3.13 bits per heavy atom. The quantitative estimate of drug-likeness (QED) is 0.552. The summed E-state index contributed by atoms with van der Waals surface area (Å²) in [5.74, 6) is 0.246. The monoisotopic (exact) mass is 357 g/mol. The molecule has 0 aromatic carbocycles. The van der Waals surface area contributed by atoms with Crippen LogP contribution in [0, 0.1) is 0 Å². The van der Waals surface area contributed by atoms with Gasteiger partial charge in [-0.05, 0) is 0 Å². The molecule has 5 atom stereocenters. The first-order valence-electron chi connectivity index (χ1n) is 6.70. The van der Waals surface area contributed by atoms with Crippen molar-refractivity contribution in [2.45, 2.75) is 24.0 Å². The summed E-state index contributed by atoms with van der Waals surface area (Å²) in [6.07, 6.45) is 0.818. The molecule has 3 N–H and O–H groups in total. The Balaban J connectivity index is 1.75. The highest BCUT2D eigenvalue weighted by atomic mass is 32.7. The van der Waals surface area contributed by atoms with E-state index in [0.29, 0.717) is 11.2 Å². The maximum Gasteiger partial charge on any atom is 0.372 e. The highest BCUT2D eigenvalue weighted by Crippen LogP contribution is 2.49. The van der Waals surface area contributed by atoms with Gasteiger partial charge in [0.1, 0.15) is 17.9 Å². The van der Waals surface area contributed by atoms with E-state index in [4.69, 9.17) is 19.7 Å². The SMILES string of the molecule is Nc1ncnc2c1ncn2[C@@H]1O[C@@]2(CO)COC1[C@@H]2O[P+](=O)[S-]. The summed E-state index contributed by atoms with van der Waals surface area (Å²) in [7, 11) is -2.29. The van der Waals surface area contributed by atoms with Crippen molar-refractivity contribution in [2.75, 3.05) is 18.9 Å². The Labute approximate surface area is 136 Å². The summed E-state index contributed by atoms with van der Waals surface area (Å²) in [6.45, 7) is -0.232. The number of ether oxygens (including phenoxy) is 2. The van der Waals surface area contributed by atoms with Gasteiger partial charge in [-0.3, -0.25) is 4.57 Å². The number of aliphatic hydroxyl groups excluding tert-OH is 1. The van der Waals surface area contributed by atoms with Gasteiger partial charge in [0.15, 0.2) is 29.4 Å². The normalized spacial score (nSPS) is 33.5. The molecule has 2 saturated heterocycles. The molecule has 4 heterocycles. The number of hydrogen-bond donors (Lipinski definition) is 2. The molecule has 0 spiro atoms. The summed E-state index contributed by atoms with van der Waals surface area (Å²) in [5.41, 5.74) is 5.56. The van der Waals surface area contributed by atoms with E-state index >= 15 is 0 Å². The highest BCUT2D eigenvalue weighted by Gasteiger charge is 2.65. The Hall–Kier alpha value is -1.36. The molecule has 0 saturated carbocycles. The Morgan fingerprint density at radius 1 is 1.57 bits per heavy atom. The van der Waals surface area contributed by atoms with Gasteiger partial charge in [0.2, 0.25) is 0 Å². The third kappa shape index (κ3) is 2.16. The predicted molar refractivity (Wildman–Crippen MR) is 79.3 cm³/mol. The summed E-state index contributed by atoms with van der Waals surface area (Å²) in [5, 5.41) is 9.71. The molecule has 2 fully saturated rings. The second-order valence-corrected chi connectivity index (χ2v) is 6.89. The molecule has 2 aliphatic rings. The van der Waals surface area contributed by atoms with Crippen LogP contribution in [0.3, 0.4) is 0 Å². The van der Waals surface area contributed by atoms with Gasteiger partial charge in [0, 0.05) is 0 Å². The van der Waals surface area contributed by atoms with Gasteiger partial charge >= 0.3 is 7.23 Å². The van der Waals surface area contributed by atoms with Gasteiger partial charge in [-0.1, -0.05) is 4.57 Å². The summed E-state index contributed by atoms with van der Waals surface area (Å²) < 4.78 is 29.8. The molecule has 0 amide bonds. The number of aliphatic hydroxyl groups is 1. The Kier molecular flexibility index (Phi) is 3.52. The zero-order valence-electron chi connectivity index (χ0n) is 11.6.